The van der Waals surface area contributed by atoms with Crippen LogP contribution in [0.5, 0.6) is 0 Å². The molecule has 9 nitrogen and oxygen atoms in total. The van der Waals surface area contributed by atoms with Gasteiger partial charge in [0.1, 0.15) is 6.04 Å². The van der Waals surface area contributed by atoms with Gasteiger partial charge in [-0.2, -0.15) is 0 Å². The molecule has 0 bridgehead atoms. The third kappa shape index (κ3) is 4.68. The first-order valence-electron chi connectivity index (χ1n) is 5.93. The highest BCUT2D eigenvalue weighted by atomic mass is 32.2. The molecule has 1 heterocycles. The van der Waals surface area contributed by atoms with Gasteiger partial charge in [-0.05, 0) is 12.8 Å². The normalized spacial score (nSPS) is 21.9. The monoisotopic (exact) mass is 308 g/mol. The van der Waals surface area contributed by atoms with Crippen molar-refractivity contribution in [3.63, 3.8) is 0 Å². The summed E-state index contributed by atoms with van der Waals surface area (Å²) in [6.07, 6.45) is 0.220. The van der Waals surface area contributed by atoms with E-state index in [1.54, 1.807) is 0 Å². The maximum absolute atomic E-state index is 11.5. The van der Waals surface area contributed by atoms with Crippen molar-refractivity contribution in [2.45, 2.75) is 30.6 Å². The first kappa shape index (κ1) is 16.2. The molecule has 0 aromatic carbocycles. The van der Waals surface area contributed by atoms with Gasteiger partial charge < -0.3 is 20.8 Å². The van der Waals surface area contributed by atoms with Gasteiger partial charge >= 0.3 is 18.0 Å². The molecule has 1 unspecified atom stereocenters. The van der Waals surface area contributed by atoms with Crippen LogP contribution in [0.25, 0.3) is 0 Å². The first-order valence-corrected chi connectivity index (χ1v) is 7.64. The van der Waals surface area contributed by atoms with E-state index in [9.17, 15) is 22.8 Å². The minimum Gasteiger partial charge on any atom is -0.481 e. The van der Waals surface area contributed by atoms with E-state index in [-0.39, 0.29) is 12.3 Å². The lowest BCUT2D eigenvalue weighted by molar-refractivity contribution is -0.145. The lowest BCUT2D eigenvalue weighted by Gasteiger charge is -2.15. The molecule has 1 rings (SSSR count). The van der Waals surface area contributed by atoms with E-state index in [1.165, 1.54) is 0 Å². The van der Waals surface area contributed by atoms with Crippen LogP contribution in [0.3, 0.4) is 0 Å². The molecule has 0 radical (unpaired) electrons. The maximum Gasteiger partial charge on any atom is 0.326 e. The van der Waals surface area contributed by atoms with Gasteiger partial charge in [0.25, 0.3) is 0 Å². The molecule has 114 valence electrons. The number of carbonyl (C=O) groups excluding carboxylic acids is 1. The van der Waals surface area contributed by atoms with Crippen molar-refractivity contribution in [1.29, 1.82) is 0 Å². The minimum atomic E-state index is -3.20. The molecule has 1 fully saturated rings. The third-order valence-corrected chi connectivity index (χ3v) is 5.21. The van der Waals surface area contributed by atoms with E-state index < -0.39 is 45.5 Å². The fraction of sp³-hybridized carbons (Fsp3) is 0.700. The van der Waals surface area contributed by atoms with Crippen LogP contribution in [0.1, 0.15) is 19.3 Å². The Bertz CT molecular complexity index is 502. The third-order valence-electron chi connectivity index (χ3n) is 2.94. The highest BCUT2D eigenvalue weighted by molar-refractivity contribution is 7.92. The molecular formula is C10H16N2O7S. The van der Waals surface area contributed by atoms with Crippen LogP contribution in [-0.4, -0.2) is 60.2 Å². The fourth-order valence-corrected chi connectivity index (χ4v) is 3.64. The van der Waals surface area contributed by atoms with E-state index in [2.05, 4.69) is 5.32 Å². The van der Waals surface area contributed by atoms with Crippen LogP contribution in [0.4, 0.5) is 4.79 Å². The maximum atomic E-state index is 11.5. The van der Waals surface area contributed by atoms with E-state index in [0.29, 0.717) is 12.8 Å². The van der Waals surface area contributed by atoms with Gasteiger partial charge in [0.15, 0.2) is 9.84 Å². The molecule has 2 atom stereocenters. The predicted molar refractivity (Wildman–Crippen MR) is 67.0 cm³/mol. The van der Waals surface area contributed by atoms with Crippen molar-refractivity contribution in [3.05, 3.63) is 0 Å². The lowest BCUT2D eigenvalue weighted by atomic mass is 10.2. The number of sulfone groups is 1. The number of nitrogens with one attached hydrogen (secondary N) is 2. The van der Waals surface area contributed by atoms with Crippen LogP contribution in [0, 0.1) is 0 Å². The SMILES string of the molecule is O=C(O)C[C@H](NC(=O)NCC1CCCS1(=O)=O)C(=O)O. The highest BCUT2D eigenvalue weighted by Gasteiger charge is 2.31. The van der Waals surface area contributed by atoms with Gasteiger partial charge in [-0.3, -0.25) is 4.79 Å². The average molecular weight is 308 g/mol. The number of rotatable bonds is 6. The van der Waals surface area contributed by atoms with Gasteiger partial charge in [-0.15, -0.1) is 0 Å². The number of amides is 2. The Morgan fingerprint density at radius 1 is 1.25 bits per heavy atom. The highest BCUT2D eigenvalue weighted by Crippen LogP contribution is 2.18. The van der Waals surface area contributed by atoms with Crippen molar-refractivity contribution in [1.82, 2.24) is 10.6 Å². The summed E-state index contributed by atoms with van der Waals surface area (Å²) in [7, 11) is -3.20. The smallest absolute Gasteiger partial charge is 0.326 e. The molecule has 0 aromatic rings. The Labute approximate surface area is 115 Å². The Morgan fingerprint density at radius 2 is 1.90 bits per heavy atom. The summed E-state index contributed by atoms with van der Waals surface area (Å²) in [5.74, 6) is -2.76. The van der Waals surface area contributed by atoms with E-state index in [0.717, 1.165) is 0 Å². The Hall–Kier alpha value is -1.84. The number of carboxylic acids is 2. The number of hydrogen-bond donors (Lipinski definition) is 4. The molecule has 1 saturated heterocycles. The summed E-state index contributed by atoms with van der Waals surface area (Å²) in [6, 6.07) is -2.46. The molecular weight excluding hydrogens is 292 g/mol. The van der Waals surface area contributed by atoms with E-state index in [4.69, 9.17) is 10.2 Å². The summed E-state index contributed by atoms with van der Waals surface area (Å²) >= 11 is 0. The molecule has 20 heavy (non-hydrogen) atoms. The zero-order chi connectivity index (χ0) is 15.3. The van der Waals surface area contributed by atoms with Gasteiger partial charge in [0.05, 0.1) is 17.4 Å². The predicted octanol–water partition coefficient (Wildman–Crippen LogP) is -1.21. The molecule has 1 aliphatic heterocycles. The second kappa shape index (κ2) is 6.55. The molecule has 0 aromatic heterocycles. The minimum absolute atomic E-state index is 0.0811. The summed E-state index contributed by atoms with van der Waals surface area (Å²) in [6.45, 7) is -0.117. The van der Waals surface area contributed by atoms with Crippen LogP contribution in [-0.2, 0) is 19.4 Å². The van der Waals surface area contributed by atoms with Crippen molar-refractivity contribution in [3.8, 4) is 0 Å². The number of aliphatic carboxylic acids is 2. The van der Waals surface area contributed by atoms with Gasteiger partial charge in [-0.1, -0.05) is 0 Å². The van der Waals surface area contributed by atoms with Crippen LogP contribution in [0.2, 0.25) is 0 Å². The molecule has 0 aliphatic carbocycles. The average Bonchev–Trinajstić information content (AvgIpc) is 2.64. The van der Waals surface area contributed by atoms with Gasteiger partial charge in [-0.25, -0.2) is 18.0 Å². The van der Waals surface area contributed by atoms with Crippen molar-refractivity contribution in [2.75, 3.05) is 12.3 Å². The Balaban J connectivity index is 2.46. The zero-order valence-corrected chi connectivity index (χ0v) is 11.4. The van der Waals surface area contributed by atoms with E-state index in [1.807, 2.05) is 5.32 Å². The van der Waals surface area contributed by atoms with Crippen molar-refractivity contribution < 1.29 is 33.0 Å². The second-order valence-electron chi connectivity index (χ2n) is 4.47. The van der Waals surface area contributed by atoms with E-state index >= 15 is 0 Å². The molecule has 4 N–H and O–H groups in total. The van der Waals surface area contributed by atoms with Crippen molar-refractivity contribution >= 4 is 27.8 Å². The summed E-state index contributed by atoms with van der Waals surface area (Å²) in [4.78, 5) is 32.6. The molecule has 0 saturated carbocycles. The molecule has 0 spiro atoms. The second-order valence-corrected chi connectivity index (χ2v) is 6.87. The summed E-state index contributed by atoms with van der Waals surface area (Å²) in [5, 5.41) is 20.8. The zero-order valence-electron chi connectivity index (χ0n) is 10.5. The fourth-order valence-electron chi connectivity index (χ4n) is 1.88. The number of carboxylic acid groups (broad SMARTS) is 2. The van der Waals surface area contributed by atoms with Gasteiger partial charge in [0.2, 0.25) is 0 Å². The van der Waals surface area contributed by atoms with Gasteiger partial charge in [0, 0.05) is 6.54 Å². The standard InChI is InChI=1S/C10H16N2O7S/c13-8(14)4-7(9(15)16)12-10(17)11-5-6-2-1-3-20(6,18)19/h6-7H,1-5H2,(H,13,14)(H,15,16)(H2,11,12,17)/t6?,7-/m0/s1. The Kier molecular flexibility index (Phi) is 5.31. The number of hydrogen-bond acceptors (Lipinski definition) is 5. The van der Waals surface area contributed by atoms with Crippen molar-refractivity contribution in [2.24, 2.45) is 0 Å². The first-order chi connectivity index (χ1) is 9.22. The topological polar surface area (TPSA) is 150 Å². The molecule has 1 aliphatic rings. The van der Waals surface area contributed by atoms with Crippen LogP contribution >= 0.6 is 0 Å². The molecule has 10 heteroatoms. The summed E-state index contributed by atoms with van der Waals surface area (Å²) in [5.41, 5.74) is 0. The van der Waals surface area contributed by atoms with Crippen LogP contribution in [0.15, 0.2) is 0 Å². The summed E-state index contributed by atoms with van der Waals surface area (Å²) < 4.78 is 23.0. The number of carbonyl (C=O) groups is 3. The number of urea groups is 1. The lowest BCUT2D eigenvalue weighted by Crippen LogP contribution is -2.48. The molecule has 2 amide bonds. The largest absolute Gasteiger partial charge is 0.481 e. The quantitative estimate of drug-likeness (QED) is 0.481. The van der Waals surface area contributed by atoms with Crippen LogP contribution < -0.4 is 10.6 Å². The Morgan fingerprint density at radius 3 is 2.35 bits per heavy atom.